The summed E-state index contributed by atoms with van der Waals surface area (Å²) in [6, 6.07) is 10.4. The molecule has 0 fully saturated rings. The molecule has 1 amide bonds. The van der Waals surface area contributed by atoms with Gasteiger partial charge >= 0.3 is 0 Å². The number of carbonyl (C=O) groups is 1. The molecule has 138 valence electrons. The second kappa shape index (κ2) is 6.82. The summed E-state index contributed by atoms with van der Waals surface area (Å²) in [5.41, 5.74) is 3.64. The van der Waals surface area contributed by atoms with Crippen molar-refractivity contribution in [1.29, 1.82) is 0 Å². The molecular formula is C21H18ClFN2O2. The summed E-state index contributed by atoms with van der Waals surface area (Å²) >= 11 is 6.19. The molecule has 1 aliphatic rings. The largest absolute Gasteiger partial charge is 0.360 e. The minimum absolute atomic E-state index is 0.0838. The molecule has 27 heavy (non-hydrogen) atoms. The van der Waals surface area contributed by atoms with Gasteiger partial charge in [0, 0.05) is 12.2 Å². The lowest BCUT2D eigenvalue weighted by molar-refractivity contribution is 0.0984. The van der Waals surface area contributed by atoms with Crippen LogP contribution in [0.1, 0.15) is 33.7 Å². The predicted octanol–water partition coefficient (Wildman–Crippen LogP) is 5.34. The SMILES string of the molecule is Cc1ccc2c(c1)CCCN2C(=O)c1c(-c2c(F)cccc2Cl)noc1C. The van der Waals surface area contributed by atoms with Gasteiger partial charge in [-0.25, -0.2) is 4.39 Å². The van der Waals surface area contributed by atoms with E-state index in [0.29, 0.717) is 12.3 Å². The van der Waals surface area contributed by atoms with Crippen molar-refractivity contribution in [1.82, 2.24) is 5.16 Å². The van der Waals surface area contributed by atoms with Crippen LogP contribution in [0, 0.1) is 19.7 Å². The molecule has 0 atom stereocenters. The Morgan fingerprint density at radius 1 is 1.26 bits per heavy atom. The van der Waals surface area contributed by atoms with Crippen LogP contribution in [0.2, 0.25) is 5.02 Å². The maximum atomic E-state index is 14.4. The number of hydrogen-bond acceptors (Lipinski definition) is 3. The molecule has 0 aliphatic carbocycles. The zero-order chi connectivity index (χ0) is 19.1. The summed E-state index contributed by atoms with van der Waals surface area (Å²) in [7, 11) is 0. The minimum atomic E-state index is -0.542. The normalized spacial score (nSPS) is 13.6. The van der Waals surface area contributed by atoms with Gasteiger partial charge in [-0.15, -0.1) is 0 Å². The molecule has 3 aromatic rings. The van der Waals surface area contributed by atoms with Gasteiger partial charge in [-0.1, -0.05) is 40.5 Å². The van der Waals surface area contributed by atoms with Crippen LogP contribution >= 0.6 is 11.6 Å². The molecule has 0 saturated carbocycles. The number of anilines is 1. The first kappa shape index (κ1) is 17.7. The molecule has 4 rings (SSSR count). The fourth-order valence-electron chi connectivity index (χ4n) is 3.59. The average molecular weight is 385 g/mol. The first-order chi connectivity index (χ1) is 13.0. The molecule has 0 unspecified atom stereocenters. The molecule has 1 aromatic heterocycles. The molecule has 0 radical (unpaired) electrons. The van der Waals surface area contributed by atoms with E-state index in [-0.39, 0.29) is 27.8 Å². The number of amides is 1. The standard InChI is InChI=1S/C21H18ClFN2O2/c1-12-8-9-17-14(11-12)5-4-10-25(17)21(26)18-13(2)27-24-20(18)19-15(22)6-3-7-16(19)23/h3,6-9,11H,4-5,10H2,1-2H3. The van der Waals surface area contributed by atoms with E-state index in [0.717, 1.165) is 29.7 Å². The zero-order valence-corrected chi connectivity index (χ0v) is 15.8. The highest BCUT2D eigenvalue weighted by Gasteiger charge is 2.31. The first-order valence-electron chi connectivity index (χ1n) is 8.79. The zero-order valence-electron chi connectivity index (χ0n) is 15.1. The summed E-state index contributed by atoms with van der Waals surface area (Å²) < 4.78 is 19.7. The van der Waals surface area contributed by atoms with Crippen LogP contribution < -0.4 is 4.90 Å². The number of hydrogen-bond donors (Lipinski definition) is 0. The Balaban J connectivity index is 1.83. The van der Waals surface area contributed by atoms with Gasteiger partial charge in [0.1, 0.15) is 22.8 Å². The number of carbonyl (C=O) groups excluding carboxylic acids is 1. The molecule has 0 spiro atoms. The number of fused-ring (bicyclic) bond motifs is 1. The van der Waals surface area contributed by atoms with Gasteiger partial charge < -0.3 is 9.42 Å². The Bertz CT molecular complexity index is 1020. The van der Waals surface area contributed by atoms with Crippen LogP contribution in [-0.4, -0.2) is 17.6 Å². The van der Waals surface area contributed by atoms with Crippen LogP contribution in [0.15, 0.2) is 40.9 Å². The highest BCUT2D eigenvalue weighted by Crippen LogP contribution is 2.36. The minimum Gasteiger partial charge on any atom is -0.360 e. The van der Waals surface area contributed by atoms with E-state index < -0.39 is 5.82 Å². The van der Waals surface area contributed by atoms with Crippen molar-refractivity contribution in [3.63, 3.8) is 0 Å². The van der Waals surface area contributed by atoms with E-state index in [1.165, 1.54) is 12.1 Å². The van der Waals surface area contributed by atoms with Gasteiger partial charge in [0.25, 0.3) is 5.91 Å². The maximum Gasteiger partial charge on any atom is 0.264 e. The van der Waals surface area contributed by atoms with Gasteiger partial charge in [-0.3, -0.25) is 4.79 Å². The Hall–Kier alpha value is -2.66. The number of aryl methyl sites for hydroxylation is 3. The van der Waals surface area contributed by atoms with E-state index in [1.54, 1.807) is 17.9 Å². The Morgan fingerprint density at radius 3 is 2.85 bits per heavy atom. The Labute approximate surface area is 161 Å². The van der Waals surface area contributed by atoms with Crippen molar-refractivity contribution in [3.05, 3.63) is 69.7 Å². The quantitative estimate of drug-likeness (QED) is 0.598. The van der Waals surface area contributed by atoms with Crippen molar-refractivity contribution in [2.45, 2.75) is 26.7 Å². The Kier molecular flexibility index (Phi) is 4.48. The molecule has 1 aliphatic heterocycles. The summed E-state index contributed by atoms with van der Waals surface area (Å²) in [6.07, 6.45) is 1.79. The van der Waals surface area contributed by atoms with Crippen LogP contribution in [0.25, 0.3) is 11.3 Å². The van der Waals surface area contributed by atoms with Crippen molar-refractivity contribution in [2.75, 3.05) is 11.4 Å². The van der Waals surface area contributed by atoms with E-state index in [1.807, 2.05) is 19.1 Å². The highest BCUT2D eigenvalue weighted by atomic mass is 35.5. The molecule has 0 N–H and O–H groups in total. The highest BCUT2D eigenvalue weighted by molar-refractivity contribution is 6.33. The van der Waals surface area contributed by atoms with Gasteiger partial charge in [0.05, 0.1) is 10.6 Å². The predicted molar refractivity (Wildman–Crippen MR) is 103 cm³/mol. The number of rotatable bonds is 2. The fraction of sp³-hybridized carbons (Fsp3) is 0.238. The molecular weight excluding hydrogens is 367 g/mol. The van der Waals surface area contributed by atoms with Crippen molar-refractivity contribution < 1.29 is 13.7 Å². The Morgan fingerprint density at radius 2 is 2.07 bits per heavy atom. The van der Waals surface area contributed by atoms with Crippen LogP contribution in [0.5, 0.6) is 0 Å². The smallest absolute Gasteiger partial charge is 0.264 e. The second-order valence-electron chi connectivity index (χ2n) is 6.75. The lowest BCUT2D eigenvalue weighted by Crippen LogP contribution is -2.36. The number of benzene rings is 2. The molecule has 4 nitrogen and oxygen atoms in total. The lowest BCUT2D eigenvalue weighted by Gasteiger charge is -2.29. The molecule has 2 aromatic carbocycles. The summed E-state index contributed by atoms with van der Waals surface area (Å²) in [4.78, 5) is 15.1. The van der Waals surface area contributed by atoms with Crippen molar-refractivity contribution >= 4 is 23.2 Å². The van der Waals surface area contributed by atoms with E-state index in [9.17, 15) is 9.18 Å². The van der Waals surface area contributed by atoms with Crippen molar-refractivity contribution in [2.24, 2.45) is 0 Å². The van der Waals surface area contributed by atoms with E-state index >= 15 is 0 Å². The van der Waals surface area contributed by atoms with Gasteiger partial charge in [-0.2, -0.15) is 0 Å². The second-order valence-corrected chi connectivity index (χ2v) is 7.16. The molecule has 2 heterocycles. The van der Waals surface area contributed by atoms with Gasteiger partial charge in [0.15, 0.2) is 0 Å². The van der Waals surface area contributed by atoms with E-state index in [4.69, 9.17) is 16.1 Å². The molecule has 0 bridgehead atoms. The van der Waals surface area contributed by atoms with Crippen molar-refractivity contribution in [3.8, 4) is 11.3 Å². The number of nitrogens with zero attached hydrogens (tertiary/aromatic N) is 2. The monoisotopic (exact) mass is 384 g/mol. The van der Waals surface area contributed by atoms with Gasteiger partial charge in [0.2, 0.25) is 0 Å². The fourth-order valence-corrected chi connectivity index (χ4v) is 3.84. The third-order valence-corrected chi connectivity index (χ3v) is 5.19. The first-order valence-corrected chi connectivity index (χ1v) is 9.17. The number of aromatic nitrogens is 1. The summed E-state index contributed by atoms with van der Waals surface area (Å²) in [5, 5.41) is 4.13. The topological polar surface area (TPSA) is 46.3 Å². The number of halogens is 2. The van der Waals surface area contributed by atoms with E-state index in [2.05, 4.69) is 11.2 Å². The lowest BCUT2D eigenvalue weighted by atomic mass is 9.97. The van der Waals surface area contributed by atoms with Crippen LogP contribution in [-0.2, 0) is 6.42 Å². The summed E-state index contributed by atoms with van der Waals surface area (Å²) in [6.45, 7) is 4.27. The average Bonchev–Trinajstić information content (AvgIpc) is 3.01. The summed E-state index contributed by atoms with van der Waals surface area (Å²) in [5.74, 6) is -0.457. The third kappa shape index (κ3) is 3.02. The third-order valence-electron chi connectivity index (χ3n) is 4.87. The van der Waals surface area contributed by atoms with Gasteiger partial charge in [-0.05, 0) is 50.5 Å². The van der Waals surface area contributed by atoms with Crippen LogP contribution in [0.4, 0.5) is 10.1 Å². The maximum absolute atomic E-state index is 14.4. The van der Waals surface area contributed by atoms with Crippen LogP contribution in [0.3, 0.4) is 0 Å². The molecule has 0 saturated heterocycles. The molecule has 6 heteroatoms.